The molecule has 0 aliphatic carbocycles. The summed E-state index contributed by atoms with van der Waals surface area (Å²) in [4.78, 5) is 35.0. The zero-order chi connectivity index (χ0) is 16.2. The summed E-state index contributed by atoms with van der Waals surface area (Å²) < 4.78 is 9.78. The van der Waals surface area contributed by atoms with Crippen molar-refractivity contribution in [3.05, 3.63) is 27.8 Å². The van der Waals surface area contributed by atoms with Crippen LogP contribution >= 0.6 is 0 Å². The third-order valence-corrected chi connectivity index (χ3v) is 2.78. The van der Waals surface area contributed by atoms with Crippen molar-refractivity contribution in [1.29, 1.82) is 0 Å². The number of benzene rings is 1. The van der Waals surface area contributed by atoms with Crippen molar-refractivity contribution < 1.29 is 24.0 Å². The molecule has 1 aromatic carbocycles. The van der Waals surface area contributed by atoms with Crippen molar-refractivity contribution >= 4 is 23.3 Å². The zero-order valence-electron chi connectivity index (χ0n) is 12.2. The van der Waals surface area contributed by atoms with Crippen LogP contribution in [0.15, 0.2) is 12.1 Å². The molecule has 1 amide bonds. The maximum absolute atomic E-state index is 11.7. The van der Waals surface area contributed by atoms with E-state index in [0.717, 1.165) is 4.90 Å². The minimum atomic E-state index is -0.750. The van der Waals surface area contributed by atoms with E-state index in [1.54, 1.807) is 6.92 Å². The first-order chi connectivity index (χ1) is 9.84. The van der Waals surface area contributed by atoms with Gasteiger partial charge < -0.3 is 9.47 Å². The average Bonchev–Trinajstić information content (AvgIpc) is 2.44. The van der Waals surface area contributed by atoms with Crippen LogP contribution in [0.5, 0.6) is 5.75 Å². The van der Waals surface area contributed by atoms with Crippen molar-refractivity contribution in [3.8, 4) is 5.75 Å². The van der Waals surface area contributed by atoms with Crippen molar-refractivity contribution in [2.24, 2.45) is 0 Å². The number of hydrogen-bond acceptors (Lipinski definition) is 6. The smallest absolute Gasteiger partial charge is 0.414 e. The predicted molar refractivity (Wildman–Crippen MR) is 75.1 cm³/mol. The highest BCUT2D eigenvalue weighted by Gasteiger charge is 2.30. The number of rotatable bonds is 5. The molecule has 21 heavy (non-hydrogen) atoms. The Morgan fingerprint density at radius 2 is 2.00 bits per heavy atom. The Morgan fingerprint density at radius 1 is 1.38 bits per heavy atom. The lowest BCUT2D eigenvalue weighted by molar-refractivity contribution is -0.384. The zero-order valence-corrected chi connectivity index (χ0v) is 12.2. The Labute approximate surface area is 121 Å². The molecule has 0 aliphatic rings. The van der Waals surface area contributed by atoms with Gasteiger partial charge in [-0.25, -0.2) is 4.79 Å². The maximum atomic E-state index is 11.7. The second-order valence-corrected chi connectivity index (χ2v) is 4.08. The van der Waals surface area contributed by atoms with E-state index in [0.29, 0.717) is 0 Å². The molecule has 0 aromatic heterocycles. The van der Waals surface area contributed by atoms with E-state index in [4.69, 9.17) is 9.47 Å². The fourth-order valence-electron chi connectivity index (χ4n) is 1.85. The van der Waals surface area contributed by atoms with Crippen molar-refractivity contribution in [1.82, 2.24) is 0 Å². The van der Waals surface area contributed by atoms with Gasteiger partial charge in [-0.05, 0) is 26.0 Å². The molecule has 0 bridgehead atoms. The summed E-state index contributed by atoms with van der Waals surface area (Å²) in [7, 11) is 2.64. The van der Waals surface area contributed by atoms with E-state index in [-0.39, 0.29) is 23.6 Å². The quantitative estimate of drug-likeness (QED) is 0.470. The third-order valence-electron chi connectivity index (χ3n) is 2.78. The molecule has 0 saturated heterocycles. The lowest BCUT2D eigenvalue weighted by atomic mass is 10.1. The van der Waals surface area contributed by atoms with E-state index in [1.165, 1.54) is 33.2 Å². The standard InChI is InChI=1S/C13H16N2O6/c1-5-21-13(17)14(3)9-6-7-10(20-4)11(8(2)16)12(9)15(18)19/h6-7H,5H2,1-4H3. The van der Waals surface area contributed by atoms with Gasteiger partial charge in [0.2, 0.25) is 0 Å². The van der Waals surface area contributed by atoms with Crippen LogP contribution in [0.25, 0.3) is 0 Å². The van der Waals surface area contributed by atoms with Gasteiger partial charge in [0.25, 0.3) is 0 Å². The minimum Gasteiger partial charge on any atom is -0.496 e. The Morgan fingerprint density at radius 3 is 2.43 bits per heavy atom. The molecule has 114 valence electrons. The summed E-state index contributed by atoms with van der Waals surface area (Å²) in [6, 6.07) is 2.73. The van der Waals surface area contributed by atoms with E-state index < -0.39 is 22.5 Å². The minimum absolute atomic E-state index is 0.0375. The predicted octanol–water partition coefficient (Wildman–Crippen LogP) is 2.40. The van der Waals surface area contributed by atoms with Gasteiger partial charge in [-0.15, -0.1) is 0 Å². The summed E-state index contributed by atoms with van der Waals surface area (Å²) in [5.74, 6) is -0.451. The summed E-state index contributed by atoms with van der Waals surface area (Å²) in [6.07, 6.45) is -0.750. The molecular weight excluding hydrogens is 280 g/mol. The van der Waals surface area contributed by atoms with Gasteiger partial charge in [-0.1, -0.05) is 0 Å². The largest absolute Gasteiger partial charge is 0.496 e. The highest BCUT2D eigenvalue weighted by molar-refractivity contribution is 6.05. The number of methoxy groups -OCH3 is 1. The van der Waals surface area contributed by atoms with E-state index in [2.05, 4.69) is 0 Å². The Bertz CT molecular complexity index is 584. The lowest BCUT2D eigenvalue weighted by Crippen LogP contribution is -2.28. The van der Waals surface area contributed by atoms with Crippen molar-refractivity contribution in [2.75, 3.05) is 25.7 Å². The van der Waals surface area contributed by atoms with Gasteiger partial charge in [0.05, 0.1) is 18.6 Å². The number of nitrogens with zero attached hydrogens (tertiary/aromatic N) is 2. The van der Waals surface area contributed by atoms with Crippen molar-refractivity contribution in [3.63, 3.8) is 0 Å². The highest BCUT2D eigenvalue weighted by Crippen LogP contribution is 2.37. The van der Waals surface area contributed by atoms with Crippen LogP contribution in [-0.2, 0) is 4.74 Å². The number of anilines is 1. The van der Waals surface area contributed by atoms with Gasteiger partial charge in [-0.3, -0.25) is 19.8 Å². The fraction of sp³-hybridized carbons (Fsp3) is 0.385. The molecule has 0 unspecified atom stereocenters. The van der Waals surface area contributed by atoms with Gasteiger partial charge in [-0.2, -0.15) is 0 Å². The number of Topliss-reactive ketones (excluding diaryl/α,β-unsaturated/α-hetero) is 1. The highest BCUT2D eigenvalue weighted by atomic mass is 16.6. The number of ether oxygens (including phenoxy) is 2. The Hall–Kier alpha value is -2.64. The first-order valence-corrected chi connectivity index (χ1v) is 6.11. The number of hydrogen-bond donors (Lipinski definition) is 0. The lowest BCUT2D eigenvalue weighted by Gasteiger charge is -2.18. The maximum Gasteiger partial charge on any atom is 0.414 e. The number of carbonyl (C=O) groups excluding carboxylic acids is 2. The molecule has 8 heteroatoms. The van der Waals surface area contributed by atoms with Gasteiger partial charge >= 0.3 is 11.8 Å². The molecular formula is C13H16N2O6. The number of ketones is 1. The molecule has 0 heterocycles. The Balaban J connectivity index is 3.53. The summed E-state index contributed by atoms with van der Waals surface area (Å²) in [5.41, 5.74) is -0.710. The van der Waals surface area contributed by atoms with Crippen LogP contribution in [0.2, 0.25) is 0 Å². The summed E-state index contributed by atoms with van der Waals surface area (Å²) in [5, 5.41) is 11.3. The van der Waals surface area contributed by atoms with Crippen molar-refractivity contribution in [2.45, 2.75) is 13.8 Å². The first kappa shape index (κ1) is 16.4. The van der Waals surface area contributed by atoms with E-state index in [1.807, 2.05) is 0 Å². The second kappa shape index (κ2) is 6.69. The normalized spacial score (nSPS) is 9.90. The monoisotopic (exact) mass is 296 g/mol. The fourth-order valence-corrected chi connectivity index (χ4v) is 1.85. The topological polar surface area (TPSA) is 99.0 Å². The van der Waals surface area contributed by atoms with Crippen LogP contribution in [0.1, 0.15) is 24.2 Å². The number of carbonyl (C=O) groups is 2. The van der Waals surface area contributed by atoms with E-state index >= 15 is 0 Å². The van der Waals surface area contributed by atoms with Crippen LogP contribution in [0.4, 0.5) is 16.2 Å². The molecule has 0 spiro atoms. The van der Waals surface area contributed by atoms with Gasteiger partial charge in [0.1, 0.15) is 17.0 Å². The SMILES string of the molecule is CCOC(=O)N(C)c1ccc(OC)c(C(C)=O)c1[N+](=O)[O-]. The van der Waals surface area contributed by atoms with Crippen LogP contribution in [-0.4, -0.2) is 37.6 Å². The average molecular weight is 296 g/mol. The third kappa shape index (κ3) is 3.28. The summed E-state index contributed by atoms with van der Waals surface area (Å²) in [6.45, 7) is 2.95. The number of amides is 1. The molecule has 0 N–H and O–H groups in total. The van der Waals surface area contributed by atoms with E-state index in [9.17, 15) is 19.7 Å². The second-order valence-electron chi connectivity index (χ2n) is 4.08. The Kier molecular flexibility index (Phi) is 5.23. The molecule has 8 nitrogen and oxygen atoms in total. The molecule has 0 atom stereocenters. The van der Waals surface area contributed by atoms with Crippen LogP contribution < -0.4 is 9.64 Å². The molecule has 1 aromatic rings. The summed E-state index contributed by atoms with van der Waals surface area (Å²) >= 11 is 0. The van der Waals surface area contributed by atoms with Gasteiger partial charge in [0, 0.05) is 7.05 Å². The molecule has 0 aliphatic heterocycles. The molecule has 0 radical (unpaired) electrons. The van der Waals surface area contributed by atoms with Crippen LogP contribution in [0.3, 0.4) is 0 Å². The molecule has 0 fully saturated rings. The molecule has 1 rings (SSSR count). The first-order valence-electron chi connectivity index (χ1n) is 6.11. The van der Waals surface area contributed by atoms with Crippen LogP contribution in [0, 0.1) is 10.1 Å². The number of nitro benzene ring substituents is 1. The number of nitro groups is 1. The molecule has 0 saturated carbocycles. The van der Waals surface area contributed by atoms with Gasteiger partial charge in [0.15, 0.2) is 5.78 Å².